The van der Waals surface area contributed by atoms with Crippen LogP contribution in [0.25, 0.3) is 6.08 Å². The maximum Gasteiger partial charge on any atom is 0.338 e. The number of carbonyl (C=O) groups excluding carboxylic acids is 4. The molecular formula is C24H23ClN2O7. The molecule has 178 valence electrons. The van der Waals surface area contributed by atoms with Crippen LogP contribution in [0.5, 0.6) is 11.5 Å². The van der Waals surface area contributed by atoms with Gasteiger partial charge in [0.05, 0.1) is 36.6 Å². The number of benzene rings is 2. The Hall–Kier alpha value is -3.85. The molecule has 2 aromatic carbocycles. The molecule has 0 radical (unpaired) electrons. The van der Waals surface area contributed by atoms with Gasteiger partial charge in [0, 0.05) is 0 Å². The molecule has 1 heterocycles. The number of urea groups is 1. The zero-order valence-electron chi connectivity index (χ0n) is 18.8. The number of carbonyl (C=O) groups is 4. The number of hydrogen-bond donors (Lipinski definition) is 1. The van der Waals surface area contributed by atoms with Crippen molar-refractivity contribution >= 4 is 47.2 Å². The van der Waals surface area contributed by atoms with Crippen molar-refractivity contribution in [1.82, 2.24) is 5.32 Å². The number of nitrogens with one attached hydrogen (secondary N) is 1. The Balaban J connectivity index is 1.94. The Morgan fingerprint density at radius 2 is 1.82 bits per heavy atom. The summed E-state index contributed by atoms with van der Waals surface area (Å²) in [7, 11) is 1.44. The lowest BCUT2D eigenvalue weighted by Crippen LogP contribution is -2.54. The standard InChI is InChI=1S/C24H23ClN2O7/c1-4-10-34-20-18(25)12-14(13-19(20)32-3)11-17-21(28)26-24(31)27(22(17)29)16-8-6-15(7-9-16)23(30)33-5-2/h6-9,11-13H,4-5,10H2,1-3H3,(H,26,28,31)/b17-11+. The van der Waals surface area contributed by atoms with Crippen LogP contribution < -0.4 is 19.7 Å². The zero-order chi connectivity index (χ0) is 24.8. The van der Waals surface area contributed by atoms with E-state index in [-0.39, 0.29) is 28.5 Å². The van der Waals surface area contributed by atoms with Gasteiger partial charge in [-0.05, 0) is 61.4 Å². The molecule has 3 rings (SSSR count). The van der Waals surface area contributed by atoms with Gasteiger partial charge in [-0.25, -0.2) is 14.5 Å². The van der Waals surface area contributed by atoms with E-state index in [2.05, 4.69) is 5.32 Å². The van der Waals surface area contributed by atoms with Crippen molar-refractivity contribution in [3.05, 3.63) is 58.1 Å². The van der Waals surface area contributed by atoms with Crippen LogP contribution in [0.2, 0.25) is 5.02 Å². The normalized spacial score (nSPS) is 14.8. The Kier molecular flexibility index (Phi) is 7.91. The molecule has 2 aromatic rings. The summed E-state index contributed by atoms with van der Waals surface area (Å²) in [6.07, 6.45) is 2.08. The molecule has 0 unspecified atom stereocenters. The molecule has 1 aliphatic rings. The van der Waals surface area contributed by atoms with E-state index in [0.717, 1.165) is 11.3 Å². The van der Waals surface area contributed by atoms with Gasteiger partial charge in [-0.3, -0.25) is 14.9 Å². The predicted molar refractivity (Wildman–Crippen MR) is 125 cm³/mol. The van der Waals surface area contributed by atoms with Crippen molar-refractivity contribution in [3.8, 4) is 11.5 Å². The number of barbiturate groups is 1. The van der Waals surface area contributed by atoms with Crippen molar-refractivity contribution in [1.29, 1.82) is 0 Å². The first-order valence-corrected chi connectivity index (χ1v) is 10.9. The number of imide groups is 2. The summed E-state index contributed by atoms with van der Waals surface area (Å²) in [6, 6.07) is 7.86. The van der Waals surface area contributed by atoms with E-state index >= 15 is 0 Å². The summed E-state index contributed by atoms with van der Waals surface area (Å²) in [5.41, 5.74) is 0.549. The van der Waals surface area contributed by atoms with E-state index in [1.165, 1.54) is 43.5 Å². The van der Waals surface area contributed by atoms with Crippen LogP contribution >= 0.6 is 11.6 Å². The fourth-order valence-corrected chi connectivity index (χ4v) is 3.46. The first-order valence-electron chi connectivity index (χ1n) is 10.5. The fourth-order valence-electron chi connectivity index (χ4n) is 3.19. The Bertz CT molecular complexity index is 1160. The third kappa shape index (κ3) is 5.20. The quantitative estimate of drug-likeness (QED) is 0.341. The molecule has 0 atom stereocenters. The molecule has 0 spiro atoms. The van der Waals surface area contributed by atoms with E-state index in [4.69, 9.17) is 25.8 Å². The molecule has 0 bridgehead atoms. The topological polar surface area (TPSA) is 111 Å². The van der Waals surface area contributed by atoms with E-state index in [0.29, 0.717) is 23.7 Å². The largest absolute Gasteiger partial charge is 0.493 e. The monoisotopic (exact) mass is 486 g/mol. The van der Waals surface area contributed by atoms with Crippen molar-refractivity contribution < 1.29 is 33.4 Å². The van der Waals surface area contributed by atoms with Crippen molar-refractivity contribution in [2.75, 3.05) is 25.2 Å². The van der Waals surface area contributed by atoms with Gasteiger partial charge < -0.3 is 14.2 Å². The highest BCUT2D eigenvalue weighted by molar-refractivity contribution is 6.39. The van der Waals surface area contributed by atoms with Gasteiger partial charge in [-0.15, -0.1) is 0 Å². The van der Waals surface area contributed by atoms with E-state index < -0.39 is 23.8 Å². The van der Waals surface area contributed by atoms with Crippen LogP contribution in [0.4, 0.5) is 10.5 Å². The second-order valence-corrected chi connectivity index (χ2v) is 7.51. The smallest absolute Gasteiger partial charge is 0.338 e. The summed E-state index contributed by atoms with van der Waals surface area (Å²) < 4.78 is 15.9. The molecule has 1 fully saturated rings. The van der Waals surface area contributed by atoms with Crippen LogP contribution in [0.3, 0.4) is 0 Å². The van der Waals surface area contributed by atoms with Gasteiger partial charge in [0.1, 0.15) is 5.57 Å². The molecule has 1 N–H and O–H groups in total. The summed E-state index contributed by atoms with van der Waals surface area (Å²) >= 11 is 6.33. The number of hydrogen-bond acceptors (Lipinski definition) is 7. The average Bonchev–Trinajstić information content (AvgIpc) is 2.81. The molecular weight excluding hydrogens is 464 g/mol. The lowest BCUT2D eigenvalue weighted by molar-refractivity contribution is -0.122. The number of rotatable bonds is 8. The number of esters is 1. The number of ether oxygens (including phenoxy) is 3. The summed E-state index contributed by atoms with van der Waals surface area (Å²) in [5, 5.41) is 2.39. The lowest BCUT2D eigenvalue weighted by Gasteiger charge is -2.26. The number of nitrogens with zero attached hydrogens (tertiary/aromatic N) is 1. The average molecular weight is 487 g/mol. The predicted octanol–water partition coefficient (Wildman–Crippen LogP) is 3.98. The second kappa shape index (κ2) is 10.8. The number of halogens is 1. The number of anilines is 1. The highest BCUT2D eigenvalue weighted by Crippen LogP contribution is 2.37. The summed E-state index contributed by atoms with van der Waals surface area (Å²) in [5.74, 6) is -1.53. The Morgan fingerprint density at radius 3 is 2.44 bits per heavy atom. The number of methoxy groups -OCH3 is 1. The van der Waals surface area contributed by atoms with Gasteiger partial charge >= 0.3 is 12.0 Å². The summed E-state index contributed by atoms with van der Waals surface area (Å²) in [6.45, 7) is 4.28. The molecule has 34 heavy (non-hydrogen) atoms. The van der Waals surface area contributed by atoms with Crippen LogP contribution in [0.1, 0.15) is 36.2 Å². The van der Waals surface area contributed by atoms with Crippen molar-refractivity contribution in [3.63, 3.8) is 0 Å². The highest BCUT2D eigenvalue weighted by atomic mass is 35.5. The van der Waals surface area contributed by atoms with Gasteiger partial charge in [0.2, 0.25) is 0 Å². The summed E-state index contributed by atoms with van der Waals surface area (Å²) in [4.78, 5) is 50.7. The maximum absolute atomic E-state index is 13.1. The minimum atomic E-state index is -0.907. The van der Waals surface area contributed by atoms with Crippen LogP contribution in [-0.2, 0) is 14.3 Å². The zero-order valence-corrected chi connectivity index (χ0v) is 19.6. The highest BCUT2D eigenvalue weighted by Gasteiger charge is 2.37. The van der Waals surface area contributed by atoms with Crippen LogP contribution in [0, 0.1) is 0 Å². The van der Waals surface area contributed by atoms with E-state index in [1.54, 1.807) is 13.0 Å². The first-order chi connectivity index (χ1) is 16.3. The van der Waals surface area contributed by atoms with Crippen LogP contribution in [0.15, 0.2) is 42.0 Å². The second-order valence-electron chi connectivity index (χ2n) is 7.11. The van der Waals surface area contributed by atoms with E-state index in [1.807, 2.05) is 6.92 Å². The fraction of sp³-hybridized carbons (Fsp3) is 0.250. The molecule has 0 aromatic heterocycles. The first kappa shape index (κ1) is 24.8. The molecule has 4 amide bonds. The van der Waals surface area contributed by atoms with Crippen molar-refractivity contribution in [2.45, 2.75) is 20.3 Å². The lowest BCUT2D eigenvalue weighted by atomic mass is 10.1. The van der Waals surface area contributed by atoms with Gasteiger partial charge in [0.15, 0.2) is 11.5 Å². The Labute approximate surface area is 201 Å². The molecule has 0 aliphatic carbocycles. The SMILES string of the molecule is CCCOc1c(Cl)cc(/C=C2\C(=O)NC(=O)N(c3ccc(C(=O)OCC)cc3)C2=O)cc1OC. The third-order valence-corrected chi connectivity index (χ3v) is 5.03. The molecule has 10 heteroatoms. The Morgan fingerprint density at radius 1 is 1.12 bits per heavy atom. The molecule has 1 saturated heterocycles. The molecule has 9 nitrogen and oxygen atoms in total. The minimum Gasteiger partial charge on any atom is -0.493 e. The van der Waals surface area contributed by atoms with Gasteiger partial charge in [-0.1, -0.05) is 18.5 Å². The molecule has 0 saturated carbocycles. The maximum atomic E-state index is 13.1. The molecule has 1 aliphatic heterocycles. The van der Waals surface area contributed by atoms with Gasteiger partial charge in [-0.2, -0.15) is 0 Å². The van der Waals surface area contributed by atoms with Crippen molar-refractivity contribution in [2.24, 2.45) is 0 Å². The van der Waals surface area contributed by atoms with Crippen LogP contribution in [-0.4, -0.2) is 44.1 Å². The van der Waals surface area contributed by atoms with Gasteiger partial charge in [0.25, 0.3) is 11.8 Å². The van der Waals surface area contributed by atoms with E-state index in [9.17, 15) is 19.2 Å². The number of amides is 4. The minimum absolute atomic E-state index is 0.174. The third-order valence-electron chi connectivity index (χ3n) is 4.75.